The Hall–Kier alpha value is -3.17. The zero-order valence-corrected chi connectivity index (χ0v) is 19.0. The minimum Gasteiger partial charge on any atom is -0.337 e. The van der Waals surface area contributed by atoms with Crippen LogP contribution in [-0.4, -0.2) is 82.7 Å². The van der Waals surface area contributed by atoms with Crippen molar-refractivity contribution in [2.75, 3.05) is 13.6 Å². The van der Waals surface area contributed by atoms with E-state index in [9.17, 15) is 37.6 Å². The highest BCUT2D eigenvalue weighted by atomic mass is 19.4. The zero-order valence-electron chi connectivity index (χ0n) is 19.0. The van der Waals surface area contributed by atoms with Gasteiger partial charge in [0.05, 0.1) is 12.6 Å². The van der Waals surface area contributed by atoms with Crippen LogP contribution in [0.5, 0.6) is 0 Å². The van der Waals surface area contributed by atoms with Gasteiger partial charge in [-0.2, -0.15) is 18.4 Å². The summed E-state index contributed by atoms with van der Waals surface area (Å²) in [5.41, 5.74) is -1.29. The summed E-state index contributed by atoms with van der Waals surface area (Å²) in [4.78, 5) is 56.3. The number of amides is 4. The number of nitriles is 1. The lowest BCUT2D eigenvalue weighted by Gasteiger charge is -2.34. The maximum absolute atomic E-state index is 13.5. The van der Waals surface area contributed by atoms with Crippen molar-refractivity contribution in [3.8, 4) is 6.07 Å². The first kappa shape index (κ1) is 26.1. The molecule has 0 unspecified atom stereocenters. The van der Waals surface area contributed by atoms with Gasteiger partial charge >= 0.3 is 12.1 Å². The van der Waals surface area contributed by atoms with E-state index in [0.717, 1.165) is 11.8 Å². The zero-order chi connectivity index (χ0) is 25.3. The van der Waals surface area contributed by atoms with Gasteiger partial charge in [0.15, 0.2) is 5.54 Å². The first-order chi connectivity index (χ1) is 15.1. The van der Waals surface area contributed by atoms with E-state index in [1.54, 1.807) is 26.1 Å². The normalized spacial score (nSPS) is 24.2. The van der Waals surface area contributed by atoms with Crippen LogP contribution in [0.4, 0.5) is 13.2 Å². The first-order valence-electron chi connectivity index (χ1n) is 10.3. The predicted molar refractivity (Wildman–Crippen MR) is 109 cm³/mol. The van der Waals surface area contributed by atoms with Crippen molar-refractivity contribution < 1.29 is 32.3 Å². The van der Waals surface area contributed by atoms with E-state index in [4.69, 9.17) is 0 Å². The van der Waals surface area contributed by atoms with Crippen LogP contribution in [0, 0.1) is 17.2 Å². The SMILES string of the molecule is CC1=N[C@@]2(C[C@@H](C#N)N(C(=O)[C@H](CC(C)C)N(C)C(=O)[C@H](C)NC(=O)C(F)(F)F)C2)C(=O)N1. The molecule has 1 saturated heterocycles. The van der Waals surface area contributed by atoms with Crippen molar-refractivity contribution in [3.63, 3.8) is 0 Å². The molecular formula is C20H27F3N6O4. The number of halogens is 3. The molecule has 0 aliphatic carbocycles. The number of likely N-dealkylation sites (tertiary alicyclic amines) is 1. The van der Waals surface area contributed by atoms with Crippen LogP contribution in [0.2, 0.25) is 0 Å². The minimum atomic E-state index is -5.16. The fraction of sp³-hybridized carbons (Fsp3) is 0.700. The average Bonchev–Trinajstić information content (AvgIpc) is 3.21. The fourth-order valence-corrected chi connectivity index (χ4v) is 4.02. The Bertz CT molecular complexity index is 912. The van der Waals surface area contributed by atoms with Crippen LogP contribution in [0.15, 0.2) is 4.99 Å². The summed E-state index contributed by atoms with van der Waals surface area (Å²) in [6.45, 7) is 6.09. The van der Waals surface area contributed by atoms with Crippen molar-refractivity contribution in [2.24, 2.45) is 10.9 Å². The number of carbonyl (C=O) groups excluding carboxylic acids is 4. The van der Waals surface area contributed by atoms with Crippen molar-refractivity contribution in [2.45, 2.75) is 70.4 Å². The van der Waals surface area contributed by atoms with Crippen molar-refractivity contribution in [1.29, 1.82) is 5.26 Å². The number of amidine groups is 1. The van der Waals surface area contributed by atoms with Gasteiger partial charge in [-0.3, -0.25) is 24.2 Å². The first-order valence-corrected chi connectivity index (χ1v) is 10.3. The highest BCUT2D eigenvalue weighted by Gasteiger charge is 2.55. The van der Waals surface area contributed by atoms with Gasteiger partial charge in [-0.15, -0.1) is 0 Å². The highest BCUT2D eigenvalue weighted by molar-refractivity contribution is 6.08. The Morgan fingerprint density at radius 2 is 1.97 bits per heavy atom. The molecule has 13 heteroatoms. The van der Waals surface area contributed by atoms with Gasteiger partial charge in [0.2, 0.25) is 11.8 Å². The molecule has 182 valence electrons. The monoisotopic (exact) mass is 472 g/mol. The number of likely N-dealkylation sites (N-methyl/N-ethyl adjacent to an activating group) is 1. The smallest absolute Gasteiger partial charge is 0.337 e. The van der Waals surface area contributed by atoms with Crippen LogP contribution < -0.4 is 10.6 Å². The maximum atomic E-state index is 13.5. The second-order valence-electron chi connectivity index (χ2n) is 8.79. The third-order valence-electron chi connectivity index (χ3n) is 5.64. The van der Waals surface area contributed by atoms with Crippen molar-refractivity contribution in [3.05, 3.63) is 0 Å². The number of nitrogens with one attached hydrogen (secondary N) is 2. The average molecular weight is 472 g/mol. The van der Waals surface area contributed by atoms with E-state index in [2.05, 4.69) is 10.3 Å². The molecule has 1 fully saturated rings. The van der Waals surface area contributed by atoms with Gasteiger partial charge in [0.25, 0.3) is 5.91 Å². The largest absolute Gasteiger partial charge is 0.471 e. The highest BCUT2D eigenvalue weighted by Crippen LogP contribution is 2.34. The molecule has 10 nitrogen and oxygen atoms in total. The molecule has 2 aliphatic rings. The third-order valence-corrected chi connectivity index (χ3v) is 5.64. The molecule has 33 heavy (non-hydrogen) atoms. The van der Waals surface area contributed by atoms with E-state index in [0.29, 0.717) is 5.84 Å². The summed E-state index contributed by atoms with van der Waals surface area (Å²) in [5, 5.41) is 13.8. The molecule has 0 bridgehead atoms. The fourth-order valence-electron chi connectivity index (χ4n) is 4.02. The van der Waals surface area contributed by atoms with E-state index < -0.39 is 53.5 Å². The summed E-state index contributed by atoms with van der Waals surface area (Å²) < 4.78 is 37.7. The van der Waals surface area contributed by atoms with Crippen LogP contribution in [0.1, 0.15) is 40.5 Å². The van der Waals surface area contributed by atoms with Crippen LogP contribution in [-0.2, 0) is 19.2 Å². The Morgan fingerprint density at radius 3 is 2.42 bits per heavy atom. The Balaban J connectivity index is 2.27. The lowest BCUT2D eigenvalue weighted by molar-refractivity contribution is -0.175. The number of hydrogen-bond acceptors (Lipinski definition) is 6. The predicted octanol–water partition coefficient (Wildman–Crippen LogP) is 0.338. The quantitative estimate of drug-likeness (QED) is 0.575. The molecule has 0 radical (unpaired) electrons. The number of hydrogen-bond donors (Lipinski definition) is 2. The summed E-state index contributed by atoms with van der Waals surface area (Å²) in [6.07, 6.45) is -5.02. The summed E-state index contributed by atoms with van der Waals surface area (Å²) in [5.74, 6) is -3.95. The Kier molecular flexibility index (Phi) is 7.40. The van der Waals surface area contributed by atoms with Gasteiger partial charge in [0, 0.05) is 13.5 Å². The maximum Gasteiger partial charge on any atom is 0.471 e. The lowest BCUT2D eigenvalue weighted by Crippen LogP contribution is -2.56. The van der Waals surface area contributed by atoms with Gasteiger partial charge in [0.1, 0.15) is 24.0 Å². The van der Waals surface area contributed by atoms with E-state index in [1.807, 2.05) is 6.07 Å². The van der Waals surface area contributed by atoms with E-state index in [1.165, 1.54) is 11.9 Å². The van der Waals surface area contributed by atoms with E-state index >= 15 is 0 Å². The molecule has 2 heterocycles. The van der Waals surface area contributed by atoms with Crippen molar-refractivity contribution >= 4 is 29.5 Å². The summed E-state index contributed by atoms with van der Waals surface area (Å²) >= 11 is 0. The molecule has 2 aliphatic heterocycles. The second kappa shape index (κ2) is 9.36. The van der Waals surface area contributed by atoms with E-state index in [-0.39, 0.29) is 25.3 Å². The van der Waals surface area contributed by atoms with Crippen LogP contribution in [0.25, 0.3) is 0 Å². The molecule has 0 aromatic rings. The molecule has 2 rings (SSSR count). The van der Waals surface area contributed by atoms with Crippen molar-refractivity contribution in [1.82, 2.24) is 20.4 Å². The number of alkyl halides is 3. The molecule has 1 spiro atoms. The topological polar surface area (TPSA) is 135 Å². The minimum absolute atomic E-state index is 0.0114. The molecule has 4 atom stereocenters. The van der Waals surface area contributed by atoms with Crippen LogP contribution in [0.3, 0.4) is 0 Å². The van der Waals surface area contributed by atoms with Gasteiger partial charge in [-0.05, 0) is 26.2 Å². The number of aliphatic imine (C=N–C) groups is 1. The van der Waals surface area contributed by atoms with Gasteiger partial charge in [-0.1, -0.05) is 13.8 Å². The summed E-state index contributed by atoms with van der Waals surface area (Å²) in [7, 11) is 1.25. The molecule has 2 N–H and O–H groups in total. The standard InChI is InChI=1S/C20H27F3N6O4/c1-10(2)6-14(28(5)15(30)11(3)25-18(33)20(21,22)23)16(31)29-9-19(7-13(29)8-24)17(32)26-12(4)27-19/h10-11,13-14H,6-7,9H2,1-5H3,(H,25,33)(H,26,27,32)/t11-,13-,14-,19+/m0/s1. The second-order valence-corrected chi connectivity index (χ2v) is 8.79. The molecular weight excluding hydrogens is 445 g/mol. The number of nitrogens with zero attached hydrogens (tertiary/aromatic N) is 4. The Morgan fingerprint density at radius 1 is 1.36 bits per heavy atom. The Labute approximate surface area is 189 Å². The summed E-state index contributed by atoms with van der Waals surface area (Å²) in [6, 6.07) is -1.65. The molecule has 0 aromatic heterocycles. The molecule has 4 amide bonds. The number of carbonyl (C=O) groups is 4. The molecule has 0 saturated carbocycles. The third kappa shape index (κ3) is 5.43. The van der Waals surface area contributed by atoms with Gasteiger partial charge < -0.3 is 20.4 Å². The van der Waals surface area contributed by atoms with Crippen LogP contribution >= 0.6 is 0 Å². The van der Waals surface area contributed by atoms with Gasteiger partial charge in [-0.25, -0.2) is 0 Å². The lowest BCUT2D eigenvalue weighted by atomic mass is 9.97. The number of rotatable bonds is 6. The molecule has 0 aromatic carbocycles.